The van der Waals surface area contributed by atoms with Crippen molar-refractivity contribution in [3.63, 3.8) is 0 Å². The van der Waals surface area contributed by atoms with Crippen molar-refractivity contribution >= 4 is 23.1 Å². The number of ketones is 1. The first-order valence-corrected chi connectivity index (χ1v) is 7.66. The predicted octanol–water partition coefficient (Wildman–Crippen LogP) is 3.89. The highest BCUT2D eigenvalue weighted by Gasteiger charge is 2.15. The van der Waals surface area contributed by atoms with Gasteiger partial charge in [0.2, 0.25) is 0 Å². The molecule has 23 heavy (non-hydrogen) atoms. The van der Waals surface area contributed by atoms with E-state index >= 15 is 0 Å². The molecule has 0 spiro atoms. The van der Waals surface area contributed by atoms with Crippen molar-refractivity contribution in [1.29, 1.82) is 0 Å². The Morgan fingerprint density at radius 2 is 1.96 bits per heavy atom. The molecule has 1 aromatic carbocycles. The van der Waals surface area contributed by atoms with Gasteiger partial charge in [-0.1, -0.05) is 6.92 Å². The van der Waals surface area contributed by atoms with E-state index in [1.54, 1.807) is 31.2 Å². The molecule has 1 aromatic heterocycles. The number of anilines is 2. The number of Topliss-reactive ketones (excluding diaryl/α,β-unsaturated/α-hetero) is 1. The fraction of sp³-hybridized carbons (Fsp3) is 0.333. The molecule has 2 rings (SSSR count). The Morgan fingerprint density at radius 1 is 1.22 bits per heavy atom. The van der Waals surface area contributed by atoms with Crippen molar-refractivity contribution in [1.82, 2.24) is 0 Å². The summed E-state index contributed by atoms with van der Waals surface area (Å²) in [6.07, 6.45) is 0.982. The van der Waals surface area contributed by atoms with Crippen LogP contribution in [-0.4, -0.2) is 25.3 Å². The summed E-state index contributed by atoms with van der Waals surface area (Å²) in [6, 6.07) is 8.71. The van der Waals surface area contributed by atoms with Crippen molar-refractivity contribution in [2.24, 2.45) is 0 Å². The summed E-state index contributed by atoms with van der Waals surface area (Å²) >= 11 is 0. The second-order valence-electron chi connectivity index (χ2n) is 5.57. The smallest absolute Gasteiger partial charge is 0.291 e. The van der Waals surface area contributed by atoms with Crippen molar-refractivity contribution in [2.75, 3.05) is 23.8 Å². The van der Waals surface area contributed by atoms with Crippen LogP contribution in [-0.2, 0) is 0 Å². The highest BCUT2D eigenvalue weighted by molar-refractivity contribution is 6.05. The molecule has 0 atom stereocenters. The number of hydrogen-bond donors (Lipinski definition) is 1. The lowest BCUT2D eigenvalue weighted by Gasteiger charge is -2.22. The van der Waals surface area contributed by atoms with Crippen LogP contribution in [0.1, 0.15) is 46.9 Å². The van der Waals surface area contributed by atoms with E-state index in [4.69, 9.17) is 4.42 Å². The zero-order valence-corrected chi connectivity index (χ0v) is 14.0. The molecule has 0 aliphatic carbocycles. The number of carbonyl (C=O) groups is 2. The predicted molar refractivity (Wildman–Crippen MR) is 91.4 cm³/mol. The molecule has 1 N–H and O–H groups in total. The maximum Gasteiger partial charge on any atom is 0.291 e. The third-order valence-electron chi connectivity index (χ3n) is 3.59. The molecule has 0 fully saturated rings. The Kier molecular flexibility index (Phi) is 5.21. The number of carbonyl (C=O) groups excluding carboxylic acids is 2. The monoisotopic (exact) mass is 314 g/mol. The van der Waals surface area contributed by atoms with Crippen molar-refractivity contribution in [3.05, 3.63) is 47.4 Å². The van der Waals surface area contributed by atoms with E-state index in [0.29, 0.717) is 17.0 Å². The summed E-state index contributed by atoms with van der Waals surface area (Å²) < 4.78 is 5.35. The molecular weight excluding hydrogens is 292 g/mol. The van der Waals surface area contributed by atoms with Crippen LogP contribution < -0.4 is 10.2 Å². The first-order chi connectivity index (χ1) is 10.9. The Balaban J connectivity index is 2.34. The van der Waals surface area contributed by atoms with Gasteiger partial charge in [0.05, 0.1) is 11.4 Å². The molecule has 0 saturated carbocycles. The van der Waals surface area contributed by atoms with Crippen LogP contribution in [0.2, 0.25) is 0 Å². The van der Waals surface area contributed by atoms with Gasteiger partial charge in [-0.2, -0.15) is 0 Å². The molecule has 2 aromatic rings. The van der Waals surface area contributed by atoms with Crippen LogP contribution in [0.3, 0.4) is 0 Å². The average molecular weight is 314 g/mol. The number of aryl methyl sites for hydroxylation is 1. The van der Waals surface area contributed by atoms with Gasteiger partial charge in [0.25, 0.3) is 5.91 Å². The molecule has 0 saturated heterocycles. The van der Waals surface area contributed by atoms with Crippen LogP contribution in [0.4, 0.5) is 11.4 Å². The van der Waals surface area contributed by atoms with Gasteiger partial charge in [0, 0.05) is 19.2 Å². The van der Waals surface area contributed by atoms with E-state index < -0.39 is 0 Å². The van der Waals surface area contributed by atoms with Crippen LogP contribution in [0.15, 0.2) is 34.7 Å². The highest BCUT2D eigenvalue weighted by Crippen LogP contribution is 2.27. The third kappa shape index (κ3) is 4.00. The molecule has 5 heteroatoms. The molecule has 0 bridgehead atoms. The molecule has 0 aliphatic rings. The molecule has 1 heterocycles. The van der Waals surface area contributed by atoms with E-state index in [1.165, 1.54) is 6.92 Å². The second-order valence-corrected chi connectivity index (χ2v) is 5.57. The highest BCUT2D eigenvalue weighted by atomic mass is 16.3. The van der Waals surface area contributed by atoms with Gasteiger partial charge >= 0.3 is 0 Å². The molecule has 122 valence electrons. The molecule has 0 unspecified atom stereocenters. The molecule has 5 nitrogen and oxygen atoms in total. The van der Waals surface area contributed by atoms with Gasteiger partial charge in [-0.15, -0.1) is 0 Å². The van der Waals surface area contributed by atoms with Gasteiger partial charge in [0.1, 0.15) is 5.76 Å². The second kappa shape index (κ2) is 7.13. The summed E-state index contributed by atoms with van der Waals surface area (Å²) in [5.74, 6) is 0.555. The zero-order valence-electron chi connectivity index (χ0n) is 14.0. The van der Waals surface area contributed by atoms with Crippen molar-refractivity contribution in [2.45, 2.75) is 27.2 Å². The number of amides is 1. The van der Waals surface area contributed by atoms with Gasteiger partial charge < -0.3 is 14.6 Å². The standard InChI is InChI=1S/C18H22N2O3/c1-5-10-20(4)16-8-7-14(13(3)21)11-15(16)19-18(22)17-9-6-12(2)23-17/h6-9,11H,5,10H2,1-4H3,(H,19,22). The number of nitrogens with one attached hydrogen (secondary N) is 1. The van der Waals surface area contributed by atoms with E-state index in [1.807, 2.05) is 18.0 Å². The normalized spacial score (nSPS) is 10.4. The van der Waals surface area contributed by atoms with E-state index in [2.05, 4.69) is 12.2 Å². The van der Waals surface area contributed by atoms with Crippen molar-refractivity contribution < 1.29 is 14.0 Å². The van der Waals surface area contributed by atoms with Gasteiger partial charge in [-0.3, -0.25) is 9.59 Å². The van der Waals surface area contributed by atoms with Gasteiger partial charge in [-0.05, 0) is 50.6 Å². The fourth-order valence-corrected chi connectivity index (χ4v) is 2.38. The Morgan fingerprint density at radius 3 is 2.52 bits per heavy atom. The lowest BCUT2D eigenvalue weighted by Crippen LogP contribution is -2.21. The molecule has 1 amide bonds. The SMILES string of the molecule is CCCN(C)c1ccc(C(C)=O)cc1NC(=O)c1ccc(C)o1. The van der Waals surface area contributed by atoms with Crippen LogP contribution in [0, 0.1) is 6.92 Å². The Labute approximate surface area is 136 Å². The van der Waals surface area contributed by atoms with Crippen molar-refractivity contribution in [3.8, 4) is 0 Å². The molecular formula is C18H22N2O3. The minimum atomic E-state index is -0.329. The molecule has 0 aliphatic heterocycles. The Hall–Kier alpha value is -2.56. The first kappa shape index (κ1) is 16.8. The van der Waals surface area contributed by atoms with Crippen LogP contribution in [0.5, 0.6) is 0 Å². The number of benzene rings is 1. The lowest BCUT2D eigenvalue weighted by atomic mass is 10.1. The summed E-state index contributed by atoms with van der Waals surface area (Å²) in [5, 5.41) is 2.85. The van der Waals surface area contributed by atoms with Gasteiger partial charge in [0.15, 0.2) is 11.5 Å². The van der Waals surface area contributed by atoms with E-state index in [0.717, 1.165) is 18.7 Å². The van der Waals surface area contributed by atoms with Gasteiger partial charge in [-0.25, -0.2) is 0 Å². The Bertz CT molecular complexity index is 719. The summed E-state index contributed by atoms with van der Waals surface area (Å²) in [5.41, 5.74) is 2.03. The third-order valence-corrected chi connectivity index (χ3v) is 3.59. The van der Waals surface area contributed by atoms with Crippen LogP contribution in [0.25, 0.3) is 0 Å². The first-order valence-electron chi connectivity index (χ1n) is 7.66. The zero-order chi connectivity index (χ0) is 17.0. The summed E-state index contributed by atoms with van der Waals surface area (Å²) in [4.78, 5) is 26.0. The van der Waals surface area contributed by atoms with E-state index in [-0.39, 0.29) is 17.5 Å². The number of rotatable bonds is 6. The average Bonchev–Trinajstić information content (AvgIpc) is 2.94. The fourth-order valence-electron chi connectivity index (χ4n) is 2.38. The number of furan rings is 1. The van der Waals surface area contributed by atoms with E-state index in [9.17, 15) is 9.59 Å². The topological polar surface area (TPSA) is 62.6 Å². The maximum atomic E-state index is 12.3. The summed E-state index contributed by atoms with van der Waals surface area (Å²) in [6.45, 7) is 6.23. The quantitative estimate of drug-likeness (QED) is 0.822. The molecule has 0 radical (unpaired) electrons. The minimum absolute atomic E-state index is 0.0426. The summed E-state index contributed by atoms with van der Waals surface area (Å²) in [7, 11) is 1.96. The minimum Gasteiger partial charge on any atom is -0.456 e. The van der Waals surface area contributed by atoms with Crippen LogP contribution >= 0.6 is 0 Å². The number of hydrogen-bond acceptors (Lipinski definition) is 4. The maximum absolute atomic E-state index is 12.3. The largest absolute Gasteiger partial charge is 0.456 e. The lowest BCUT2D eigenvalue weighted by molar-refractivity contribution is 0.0991. The number of nitrogens with zero attached hydrogens (tertiary/aromatic N) is 1.